The van der Waals surface area contributed by atoms with Gasteiger partial charge in [-0.15, -0.1) is 0 Å². The molecule has 39 heavy (non-hydrogen) atoms. The van der Waals surface area contributed by atoms with Gasteiger partial charge in [0.1, 0.15) is 17.8 Å². The highest BCUT2D eigenvalue weighted by Gasteiger charge is 2.46. The number of fused-ring (bicyclic) bond motifs is 1. The lowest BCUT2D eigenvalue weighted by molar-refractivity contribution is 0.0127. The summed E-state index contributed by atoms with van der Waals surface area (Å²) in [6, 6.07) is 11.8. The number of nitrogens with zero attached hydrogens (tertiary/aromatic N) is 4. The first kappa shape index (κ1) is 28.4. The van der Waals surface area contributed by atoms with Crippen LogP contribution in [0.3, 0.4) is 0 Å². The van der Waals surface area contributed by atoms with Crippen molar-refractivity contribution >= 4 is 29.9 Å². The van der Waals surface area contributed by atoms with Crippen molar-refractivity contribution in [3.63, 3.8) is 0 Å². The van der Waals surface area contributed by atoms with Crippen LogP contribution in [-0.2, 0) is 17.1 Å². The number of thiol groups is 1. The van der Waals surface area contributed by atoms with E-state index >= 15 is 0 Å². The standard InChI is InChI=1S/C28H28F3N5O2S/c1-17-4-5-20(35-25(37)18-6-7-33-24(11-18)27(2,30)31)12-21(17)19-10-23-22(34-14-19)13-28(15-29,16-32)26(39)36(23)8-9-38-3/h4-7,10-12,14,26,39H,8-9,13,15H2,1-3H3,(H,35,37)/t26-,28+/m0/s1. The SMILES string of the molecule is COCCN1c2cc(-c3cc(NC(=O)c4ccnc(C(C)(F)F)c4)ccc3C)cnc2C[C@](C#N)(CF)[C@@H]1S. The highest BCUT2D eigenvalue weighted by molar-refractivity contribution is 7.81. The Balaban J connectivity index is 1.68. The van der Waals surface area contributed by atoms with Gasteiger partial charge in [0, 0.05) is 56.2 Å². The van der Waals surface area contributed by atoms with Crippen LogP contribution in [0.1, 0.15) is 34.2 Å². The quantitative estimate of drug-likeness (QED) is 0.354. The Labute approximate surface area is 230 Å². The molecular formula is C28H28F3N5O2S. The average Bonchev–Trinajstić information content (AvgIpc) is 2.93. The van der Waals surface area contributed by atoms with E-state index in [1.54, 1.807) is 25.4 Å². The summed E-state index contributed by atoms with van der Waals surface area (Å²) in [6.07, 6.45) is 2.95. The van der Waals surface area contributed by atoms with E-state index in [9.17, 15) is 23.2 Å². The van der Waals surface area contributed by atoms with Crippen molar-refractivity contribution in [3.05, 3.63) is 71.3 Å². The molecule has 0 fully saturated rings. The number of hydrogen-bond acceptors (Lipinski definition) is 7. The lowest BCUT2D eigenvalue weighted by atomic mass is 9.81. The zero-order valence-electron chi connectivity index (χ0n) is 21.7. The van der Waals surface area contributed by atoms with E-state index in [1.807, 2.05) is 24.0 Å². The molecule has 204 valence electrons. The maximum atomic E-state index is 14.1. The number of nitriles is 1. The molecule has 1 N–H and O–H groups in total. The zero-order chi connectivity index (χ0) is 28.4. The Morgan fingerprint density at radius 1 is 1.31 bits per heavy atom. The van der Waals surface area contributed by atoms with Crippen molar-refractivity contribution in [1.29, 1.82) is 5.26 Å². The summed E-state index contributed by atoms with van der Waals surface area (Å²) in [5.41, 5.74) is 2.43. The number of pyridine rings is 2. The summed E-state index contributed by atoms with van der Waals surface area (Å²) >= 11 is 4.63. The van der Waals surface area contributed by atoms with E-state index in [0.29, 0.717) is 24.5 Å². The number of halogens is 3. The number of alkyl halides is 3. The maximum absolute atomic E-state index is 14.1. The van der Waals surface area contributed by atoms with Gasteiger partial charge in [0.15, 0.2) is 0 Å². The molecule has 0 spiro atoms. The third kappa shape index (κ3) is 5.72. The number of hydrogen-bond donors (Lipinski definition) is 2. The third-order valence-corrected chi connectivity index (χ3v) is 7.58. The number of ether oxygens (including phenoxy) is 1. The van der Waals surface area contributed by atoms with E-state index in [-0.39, 0.29) is 12.0 Å². The summed E-state index contributed by atoms with van der Waals surface area (Å²) < 4.78 is 46.7. The molecule has 0 aliphatic carbocycles. The smallest absolute Gasteiger partial charge is 0.286 e. The largest absolute Gasteiger partial charge is 0.383 e. The molecule has 0 saturated heterocycles. The molecule has 0 saturated carbocycles. The van der Waals surface area contributed by atoms with Crippen LogP contribution in [-0.4, -0.2) is 48.2 Å². The van der Waals surface area contributed by atoms with Gasteiger partial charge in [-0.3, -0.25) is 14.8 Å². The van der Waals surface area contributed by atoms with Crippen LogP contribution in [0.4, 0.5) is 24.5 Å². The van der Waals surface area contributed by atoms with Gasteiger partial charge in [0.25, 0.3) is 11.8 Å². The minimum atomic E-state index is -3.17. The van der Waals surface area contributed by atoms with Crippen LogP contribution in [0.2, 0.25) is 0 Å². The maximum Gasteiger partial charge on any atom is 0.286 e. The Morgan fingerprint density at radius 2 is 2.08 bits per heavy atom. The normalized spacial score (nSPS) is 18.8. The molecule has 1 aliphatic heterocycles. The molecule has 0 unspecified atom stereocenters. The van der Waals surface area contributed by atoms with Crippen molar-refractivity contribution in [1.82, 2.24) is 9.97 Å². The number of nitrogens with one attached hydrogen (secondary N) is 1. The molecule has 2 atom stereocenters. The highest BCUT2D eigenvalue weighted by Crippen LogP contribution is 2.43. The molecule has 1 amide bonds. The second-order valence-electron chi connectivity index (χ2n) is 9.63. The van der Waals surface area contributed by atoms with Crippen LogP contribution in [0.25, 0.3) is 11.1 Å². The number of rotatable bonds is 8. The fourth-order valence-corrected chi connectivity index (χ4v) is 4.99. The predicted octanol–water partition coefficient (Wildman–Crippen LogP) is 5.56. The van der Waals surface area contributed by atoms with Crippen LogP contribution in [0.15, 0.2) is 48.8 Å². The predicted molar refractivity (Wildman–Crippen MR) is 146 cm³/mol. The lowest BCUT2D eigenvalue weighted by Crippen LogP contribution is -2.51. The van der Waals surface area contributed by atoms with Gasteiger partial charge >= 0.3 is 0 Å². The number of benzene rings is 1. The zero-order valence-corrected chi connectivity index (χ0v) is 22.6. The molecule has 3 aromatic rings. The number of aryl methyl sites for hydroxylation is 1. The van der Waals surface area contributed by atoms with Crippen molar-refractivity contribution in [2.24, 2.45) is 5.41 Å². The Hall–Kier alpha value is -3.62. The van der Waals surface area contributed by atoms with E-state index < -0.39 is 35.0 Å². The molecule has 3 heterocycles. The van der Waals surface area contributed by atoms with Crippen LogP contribution < -0.4 is 10.2 Å². The molecule has 2 aromatic heterocycles. The molecule has 1 aromatic carbocycles. The van der Waals surface area contributed by atoms with E-state index in [0.717, 1.165) is 35.4 Å². The molecule has 4 rings (SSSR count). The van der Waals surface area contributed by atoms with E-state index in [1.165, 1.54) is 12.3 Å². The molecule has 1 aliphatic rings. The topological polar surface area (TPSA) is 91.1 Å². The van der Waals surface area contributed by atoms with Gasteiger partial charge in [-0.25, -0.2) is 4.39 Å². The number of aromatic nitrogens is 2. The van der Waals surface area contributed by atoms with Gasteiger partial charge in [-0.2, -0.15) is 26.7 Å². The average molecular weight is 556 g/mol. The highest BCUT2D eigenvalue weighted by atomic mass is 32.1. The van der Waals surface area contributed by atoms with Crippen molar-refractivity contribution < 1.29 is 22.7 Å². The monoisotopic (exact) mass is 555 g/mol. The van der Waals surface area contributed by atoms with Gasteiger partial charge in [0.05, 0.1) is 29.4 Å². The summed E-state index contributed by atoms with van der Waals surface area (Å²) in [6.45, 7) is 2.49. The van der Waals surface area contributed by atoms with Crippen molar-refractivity contribution in [2.75, 3.05) is 37.2 Å². The van der Waals surface area contributed by atoms with Gasteiger partial charge in [0.2, 0.25) is 0 Å². The number of methoxy groups -OCH3 is 1. The molecule has 11 heteroatoms. The first-order valence-corrected chi connectivity index (χ1v) is 12.7. The fraction of sp³-hybridized carbons (Fsp3) is 0.357. The molecular weight excluding hydrogens is 527 g/mol. The van der Waals surface area contributed by atoms with Gasteiger partial charge in [-0.05, 0) is 48.4 Å². The Morgan fingerprint density at radius 3 is 2.74 bits per heavy atom. The third-order valence-electron chi connectivity index (χ3n) is 6.80. The van der Waals surface area contributed by atoms with Gasteiger partial charge < -0.3 is 15.0 Å². The first-order chi connectivity index (χ1) is 18.5. The molecule has 7 nitrogen and oxygen atoms in total. The minimum Gasteiger partial charge on any atom is -0.383 e. The fourth-order valence-electron chi connectivity index (χ4n) is 4.54. The minimum absolute atomic E-state index is 0.0570. The second-order valence-corrected chi connectivity index (χ2v) is 10.1. The van der Waals surface area contributed by atoms with Crippen molar-refractivity contribution in [3.8, 4) is 17.2 Å². The van der Waals surface area contributed by atoms with Gasteiger partial charge in [-0.1, -0.05) is 6.07 Å². The molecule has 0 radical (unpaired) electrons. The second kappa shape index (κ2) is 11.2. The van der Waals surface area contributed by atoms with Crippen LogP contribution in [0, 0.1) is 23.7 Å². The first-order valence-electron chi connectivity index (χ1n) is 12.2. The summed E-state index contributed by atoms with van der Waals surface area (Å²) in [5, 5.41) is 11.8. The lowest BCUT2D eigenvalue weighted by Gasteiger charge is -2.44. The van der Waals surface area contributed by atoms with Crippen LogP contribution in [0.5, 0.6) is 0 Å². The summed E-state index contributed by atoms with van der Waals surface area (Å²) in [5.74, 6) is -3.73. The van der Waals surface area contributed by atoms with Crippen molar-refractivity contribution in [2.45, 2.75) is 31.6 Å². The number of carbonyl (C=O) groups is 1. The van der Waals surface area contributed by atoms with Crippen LogP contribution >= 0.6 is 12.6 Å². The Kier molecular flexibility index (Phi) is 8.18. The number of amides is 1. The summed E-state index contributed by atoms with van der Waals surface area (Å²) in [4.78, 5) is 22.9. The summed E-state index contributed by atoms with van der Waals surface area (Å²) in [7, 11) is 1.56. The number of carbonyl (C=O) groups excluding carboxylic acids is 1. The Bertz CT molecular complexity index is 1430. The molecule has 0 bridgehead atoms. The van der Waals surface area contributed by atoms with E-state index in [2.05, 4.69) is 34.0 Å². The number of anilines is 2. The van der Waals surface area contributed by atoms with E-state index in [4.69, 9.17) is 4.74 Å².